The van der Waals surface area contributed by atoms with Crippen LogP contribution in [0.5, 0.6) is 17.2 Å². The summed E-state index contributed by atoms with van der Waals surface area (Å²) in [7, 11) is 3.18. The number of pyridine rings is 3. The smallest absolute Gasteiger partial charge is 0.263 e. The number of ether oxygens (including phenoxy) is 4. The molecular weight excluding hydrogens is 1070 g/mol. The van der Waals surface area contributed by atoms with Crippen LogP contribution < -0.4 is 52.7 Å². The Bertz CT molecular complexity index is 3810. The van der Waals surface area contributed by atoms with Crippen molar-refractivity contribution in [2.75, 3.05) is 78.9 Å². The minimum atomic E-state index is -0.689. The summed E-state index contributed by atoms with van der Waals surface area (Å²) in [6.45, 7) is 3.15. The number of methoxy groups -OCH3 is 1. The number of hydrogen-bond acceptors (Lipinski definition) is 21. The number of nitrogen functional groups attached to an aromatic ring is 3. The number of piperidine rings is 1. The Morgan fingerprint density at radius 2 is 1.11 bits per heavy atom. The first-order valence-electron chi connectivity index (χ1n) is 24.9. The minimum absolute atomic E-state index is 0.0368. The fourth-order valence-corrected chi connectivity index (χ4v) is 8.67. The van der Waals surface area contributed by atoms with Crippen LogP contribution in [0.15, 0.2) is 80.3 Å². The second-order valence-electron chi connectivity index (χ2n) is 18.4. The normalized spacial score (nSPS) is 14.6. The Kier molecular flexibility index (Phi) is 15.8. The number of anilines is 7. The lowest BCUT2D eigenvalue weighted by Gasteiger charge is -2.41. The molecule has 2 saturated heterocycles. The van der Waals surface area contributed by atoms with Crippen molar-refractivity contribution in [1.29, 1.82) is 0 Å². The highest BCUT2D eigenvalue weighted by Crippen LogP contribution is 2.34. The van der Waals surface area contributed by atoms with Crippen molar-refractivity contribution < 1.29 is 50.9 Å². The zero-order chi connectivity index (χ0) is 56.9. The molecule has 27 nitrogen and oxygen atoms in total. The van der Waals surface area contributed by atoms with Crippen LogP contribution in [-0.2, 0) is 4.74 Å². The molecule has 3 fully saturated rings. The van der Waals surface area contributed by atoms with Crippen LogP contribution in [0.25, 0.3) is 16.9 Å². The van der Waals surface area contributed by atoms with E-state index in [4.69, 9.17) is 36.1 Å². The third-order valence-electron chi connectivity index (χ3n) is 13.0. The van der Waals surface area contributed by atoms with E-state index in [9.17, 15) is 31.9 Å². The first-order chi connectivity index (χ1) is 39.1. The number of hydrogen-bond donors (Lipinski definition) is 7. The van der Waals surface area contributed by atoms with Gasteiger partial charge in [-0.25, -0.2) is 51.0 Å². The van der Waals surface area contributed by atoms with Crippen molar-refractivity contribution >= 4 is 75.0 Å². The molecule has 2 aliphatic heterocycles. The van der Waals surface area contributed by atoms with Gasteiger partial charge in [-0.2, -0.15) is 0 Å². The second-order valence-corrected chi connectivity index (χ2v) is 18.4. The van der Waals surface area contributed by atoms with Gasteiger partial charge in [-0.3, -0.25) is 29.3 Å². The predicted molar refractivity (Wildman–Crippen MR) is 283 cm³/mol. The molecular formula is C50H50F4N20O7. The lowest BCUT2D eigenvalue weighted by Crippen LogP contribution is -2.52. The van der Waals surface area contributed by atoms with Crippen molar-refractivity contribution in [2.24, 2.45) is 0 Å². The molecule has 0 aromatic carbocycles. The topological polar surface area (TPSA) is 347 Å². The number of aromatic nitrogens is 12. The summed E-state index contributed by atoms with van der Waals surface area (Å²) < 4.78 is 80.0. The van der Waals surface area contributed by atoms with Gasteiger partial charge in [-0.15, -0.1) is 15.3 Å². The molecule has 31 heteroatoms. The van der Waals surface area contributed by atoms with Gasteiger partial charge in [0, 0.05) is 38.5 Å². The summed E-state index contributed by atoms with van der Waals surface area (Å²) in [5.74, 6) is -3.05. The Labute approximate surface area is 455 Å². The Morgan fingerprint density at radius 1 is 0.617 bits per heavy atom. The van der Waals surface area contributed by atoms with Crippen molar-refractivity contribution in [3.63, 3.8) is 0 Å². The van der Waals surface area contributed by atoms with E-state index in [1.165, 1.54) is 25.7 Å². The molecule has 9 aromatic heterocycles. The number of likely N-dealkylation sites (tertiary alicyclic amines) is 1. The van der Waals surface area contributed by atoms with Gasteiger partial charge in [0.1, 0.15) is 57.2 Å². The molecule has 0 spiro atoms. The first kappa shape index (κ1) is 54.3. The molecule has 1 saturated carbocycles. The Hall–Kier alpha value is -10.0. The summed E-state index contributed by atoms with van der Waals surface area (Å²) >= 11 is 0. The lowest BCUT2D eigenvalue weighted by molar-refractivity contribution is -0.0779. The van der Waals surface area contributed by atoms with E-state index in [0.29, 0.717) is 34.7 Å². The summed E-state index contributed by atoms with van der Waals surface area (Å²) in [5, 5.41) is 22.5. The summed E-state index contributed by atoms with van der Waals surface area (Å²) in [6, 6.07) is 3.77. The van der Waals surface area contributed by atoms with Crippen molar-refractivity contribution in [3.05, 3.63) is 120 Å². The molecule has 0 unspecified atom stereocenters. The number of nitrogens with two attached hydrogens (primary N) is 3. The van der Waals surface area contributed by atoms with Crippen LogP contribution in [-0.4, -0.2) is 140 Å². The largest absolute Gasteiger partial charge is 0.494 e. The molecule has 12 rings (SSSR count). The number of carbonyl (C=O) groups excluding carboxylic acids is 3. The maximum absolute atomic E-state index is 14.6. The van der Waals surface area contributed by atoms with Gasteiger partial charge >= 0.3 is 0 Å². The molecule has 0 atom stereocenters. The lowest BCUT2D eigenvalue weighted by atomic mass is 9.96. The van der Waals surface area contributed by atoms with Crippen molar-refractivity contribution in [3.8, 4) is 17.2 Å². The number of nitrogens with one attached hydrogen (secondary N) is 4. The van der Waals surface area contributed by atoms with Crippen LogP contribution >= 0.6 is 0 Å². The van der Waals surface area contributed by atoms with Crippen molar-refractivity contribution in [2.45, 2.75) is 50.4 Å². The Balaban J connectivity index is 0.000000138. The number of fused-ring (bicyclic) bond motifs is 3. The zero-order valence-corrected chi connectivity index (χ0v) is 43.0. The molecule has 1 aliphatic carbocycles. The molecule has 420 valence electrons. The number of carbonyl (C=O) groups is 3. The number of nitrogens with zero attached hydrogens (tertiary/aromatic N) is 13. The minimum Gasteiger partial charge on any atom is -0.494 e. The van der Waals surface area contributed by atoms with Gasteiger partial charge in [0.05, 0.1) is 94.4 Å². The van der Waals surface area contributed by atoms with E-state index in [2.05, 4.69) is 71.4 Å². The number of halogens is 4. The molecule has 3 amide bonds. The summed E-state index contributed by atoms with van der Waals surface area (Å²) in [6.07, 6.45) is 17.6. The molecule has 3 aliphatic rings. The van der Waals surface area contributed by atoms with Crippen LogP contribution in [0.3, 0.4) is 0 Å². The fraction of sp³-hybridized carbons (Fsp3) is 0.280. The number of amides is 3. The SMILES string of the molecule is CNc1cc(OC)c(NC(=O)c2c(N)nn3cc(F)cnc23)cn1.Nc1nn2cc(F)cnc2c1C(=O)Nc1cncc(F)c1OC1CCN(C2COC2)CC1.Nc1nn2cc(F)cnc2c1C(=O)Nc1cnccc1OC1CCC1. The molecule has 11 heterocycles. The second kappa shape index (κ2) is 23.5. The van der Waals surface area contributed by atoms with E-state index in [-0.39, 0.29) is 74.7 Å². The van der Waals surface area contributed by atoms with Gasteiger partial charge < -0.3 is 57.4 Å². The number of rotatable bonds is 13. The van der Waals surface area contributed by atoms with Gasteiger partial charge in [-0.05, 0) is 32.1 Å². The standard InChI is InChI=1S/C20H21F2N7O3.C16H15FN6O2.C14H14FN7O2/c21-11-5-25-19-16(18(23)27-29(19)8-11)20(30)26-15-7-24-6-14(22)17(15)32-13-1-3-28(4-2-13)12-9-31-10-12;17-9-6-20-15-13(14(18)22-23(15)8-9)16(24)21-11-7-19-5-4-12(11)25-10-2-1-3-10;1-17-10-3-9(24-2)8(5-18-10)20-14(23)11-12(16)21-22-6-7(15)4-19-13(11)22/h5-8,12-13H,1-4,9-10H2,(H2,23,27)(H,26,30);4-8,10H,1-3H2,(H2,18,22)(H,21,24);3-6H,1-2H3,(H2,16,21)(H,17,18)(H,20,23). The zero-order valence-electron chi connectivity index (χ0n) is 43.0. The highest BCUT2D eigenvalue weighted by Gasteiger charge is 2.32. The van der Waals surface area contributed by atoms with Gasteiger partial charge in [-0.1, -0.05) is 0 Å². The third-order valence-corrected chi connectivity index (χ3v) is 13.0. The van der Waals surface area contributed by atoms with Crippen LogP contribution in [0.4, 0.5) is 57.9 Å². The predicted octanol–water partition coefficient (Wildman–Crippen LogP) is 4.66. The average molecular weight is 1120 g/mol. The van der Waals surface area contributed by atoms with E-state index < -0.39 is 41.0 Å². The Morgan fingerprint density at radius 3 is 1.58 bits per heavy atom. The van der Waals surface area contributed by atoms with E-state index in [1.807, 2.05) is 0 Å². The van der Waals surface area contributed by atoms with Crippen LogP contribution in [0, 0.1) is 23.3 Å². The van der Waals surface area contributed by atoms with E-state index >= 15 is 0 Å². The molecule has 9 aromatic rings. The molecule has 0 bridgehead atoms. The van der Waals surface area contributed by atoms with Gasteiger partial charge in [0.2, 0.25) is 0 Å². The highest BCUT2D eigenvalue weighted by molar-refractivity contribution is 6.13. The van der Waals surface area contributed by atoms with Crippen LogP contribution in [0.1, 0.15) is 63.2 Å². The maximum Gasteiger partial charge on any atom is 0.263 e. The monoisotopic (exact) mass is 1120 g/mol. The van der Waals surface area contributed by atoms with Crippen molar-refractivity contribution in [1.82, 2.24) is 63.6 Å². The fourth-order valence-electron chi connectivity index (χ4n) is 8.67. The maximum atomic E-state index is 14.6. The van der Waals surface area contributed by atoms with Gasteiger partial charge in [0.25, 0.3) is 17.7 Å². The first-order valence-corrected chi connectivity index (χ1v) is 24.9. The van der Waals surface area contributed by atoms with E-state index in [0.717, 1.165) is 115 Å². The summed E-state index contributed by atoms with van der Waals surface area (Å²) in [4.78, 5) is 64.0. The average Bonchev–Trinajstić information content (AvgIpc) is 4.29. The highest BCUT2D eigenvalue weighted by atomic mass is 19.1. The molecule has 81 heavy (non-hydrogen) atoms. The quantitative estimate of drug-likeness (QED) is 0.0772. The molecule has 10 N–H and O–H groups in total. The molecule has 0 radical (unpaired) electrons. The third kappa shape index (κ3) is 11.9. The summed E-state index contributed by atoms with van der Waals surface area (Å²) in [5.41, 5.74) is 18.7. The van der Waals surface area contributed by atoms with Crippen LogP contribution in [0.2, 0.25) is 0 Å². The van der Waals surface area contributed by atoms with E-state index in [1.54, 1.807) is 25.4 Å². The van der Waals surface area contributed by atoms with Gasteiger partial charge in [0.15, 0.2) is 63.4 Å².